The van der Waals surface area contributed by atoms with Crippen molar-refractivity contribution in [1.29, 1.82) is 0 Å². The number of benzene rings is 2. The largest absolute Gasteiger partial charge is 0.340 e. The Morgan fingerprint density at radius 1 is 0.912 bits per heavy atom. The number of hydrogen-bond donors (Lipinski definition) is 0. The van der Waals surface area contributed by atoms with Gasteiger partial charge in [0.15, 0.2) is 0 Å². The molecule has 1 unspecified atom stereocenters. The Morgan fingerprint density at radius 3 is 2.24 bits per heavy atom. The van der Waals surface area contributed by atoms with Crippen LogP contribution in [0, 0.1) is 25.6 Å². The lowest BCUT2D eigenvalue weighted by molar-refractivity contribution is -0.138. The van der Waals surface area contributed by atoms with E-state index in [2.05, 4.69) is 0 Å². The number of amides is 2. The smallest absolute Gasteiger partial charge is 0.253 e. The second-order valence-electron chi connectivity index (χ2n) is 9.15. The van der Waals surface area contributed by atoms with Crippen molar-refractivity contribution in [3.63, 3.8) is 0 Å². The average molecular weight is 488 g/mol. The molecule has 0 bridgehead atoms. The summed E-state index contributed by atoms with van der Waals surface area (Å²) in [7, 11) is -3.81. The van der Waals surface area contributed by atoms with Gasteiger partial charge < -0.3 is 9.80 Å². The molecule has 7 nitrogen and oxygen atoms in total. The minimum absolute atomic E-state index is 0.0410. The van der Waals surface area contributed by atoms with Crippen LogP contribution in [0.1, 0.15) is 34.3 Å². The number of carbonyl (C=O) groups is 2. The number of hydrogen-bond acceptors (Lipinski definition) is 4. The van der Waals surface area contributed by atoms with Gasteiger partial charge in [0, 0.05) is 44.8 Å². The number of piperazine rings is 1. The van der Waals surface area contributed by atoms with Crippen molar-refractivity contribution < 1.29 is 22.4 Å². The molecule has 2 saturated heterocycles. The Morgan fingerprint density at radius 2 is 1.59 bits per heavy atom. The molecule has 0 aliphatic carbocycles. The summed E-state index contributed by atoms with van der Waals surface area (Å²) in [5.74, 6) is -1.00. The molecule has 34 heavy (non-hydrogen) atoms. The van der Waals surface area contributed by atoms with E-state index >= 15 is 0 Å². The summed E-state index contributed by atoms with van der Waals surface area (Å²) in [5, 5.41) is 0. The summed E-state index contributed by atoms with van der Waals surface area (Å²) in [6.07, 6.45) is 1.46. The van der Waals surface area contributed by atoms with Gasteiger partial charge >= 0.3 is 0 Å². The monoisotopic (exact) mass is 487 g/mol. The lowest BCUT2D eigenvalue weighted by Gasteiger charge is -2.38. The Balaban J connectivity index is 1.38. The molecule has 0 spiro atoms. The molecule has 2 amide bonds. The van der Waals surface area contributed by atoms with Crippen molar-refractivity contribution in [2.45, 2.75) is 31.6 Å². The Kier molecular flexibility index (Phi) is 7.04. The highest BCUT2D eigenvalue weighted by Gasteiger charge is 2.35. The molecule has 9 heteroatoms. The summed E-state index contributed by atoms with van der Waals surface area (Å²) < 4.78 is 40.5. The molecule has 0 saturated carbocycles. The zero-order chi connectivity index (χ0) is 24.5. The lowest BCUT2D eigenvalue weighted by atomic mass is 9.95. The van der Waals surface area contributed by atoms with Crippen LogP contribution in [-0.4, -0.2) is 73.6 Å². The first kappa shape index (κ1) is 24.3. The van der Waals surface area contributed by atoms with E-state index in [0.29, 0.717) is 25.1 Å². The Bertz CT molecular complexity index is 1170. The van der Waals surface area contributed by atoms with Crippen molar-refractivity contribution >= 4 is 21.8 Å². The molecule has 4 rings (SSSR count). The van der Waals surface area contributed by atoms with E-state index in [9.17, 15) is 22.4 Å². The summed E-state index contributed by atoms with van der Waals surface area (Å²) in [6.45, 7) is 5.76. The van der Waals surface area contributed by atoms with Crippen LogP contribution < -0.4 is 0 Å². The number of rotatable bonds is 4. The lowest BCUT2D eigenvalue weighted by Crippen LogP contribution is -2.54. The van der Waals surface area contributed by atoms with Gasteiger partial charge in [-0.1, -0.05) is 23.3 Å². The third kappa shape index (κ3) is 5.15. The molecule has 2 aliphatic rings. The predicted octanol–water partition coefficient (Wildman–Crippen LogP) is 2.83. The van der Waals surface area contributed by atoms with Gasteiger partial charge in [0.25, 0.3) is 5.91 Å². The number of piperidine rings is 1. The van der Waals surface area contributed by atoms with E-state index in [1.165, 1.54) is 22.5 Å². The van der Waals surface area contributed by atoms with Crippen LogP contribution in [0.4, 0.5) is 4.39 Å². The Hall–Kier alpha value is -2.78. The van der Waals surface area contributed by atoms with E-state index in [0.717, 1.165) is 23.6 Å². The van der Waals surface area contributed by atoms with Gasteiger partial charge in [0.05, 0.1) is 10.8 Å². The van der Waals surface area contributed by atoms with Gasteiger partial charge in [0.1, 0.15) is 5.82 Å². The van der Waals surface area contributed by atoms with Crippen molar-refractivity contribution in [2.24, 2.45) is 5.92 Å². The molecule has 2 aromatic carbocycles. The zero-order valence-electron chi connectivity index (χ0n) is 19.5. The standard InChI is InChI=1S/C25H30FN3O4S/c1-18-13-19(2)15-21(14-18)25(31)28-8-4-5-20(17-28)24(30)27-9-11-29(12-10-27)34(32,33)23-7-3-6-22(26)16-23/h3,6-7,13-16,20H,4-5,8-12,17H2,1-2H3. The quantitative estimate of drug-likeness (QED) is 0.665. The summed E-state index contributed by atoms with van der Waals surface area (Å²) in [6, 6.07) is 10.7. The number of likely N-dealkylation sites (tertiary alicyclic amines) is 1. The van der Waals surface area contributed by atoms with Gasteiger partial charge in [-0.05, 0) is 57.0 Å². The highest BCUT2D eigenvalue weighted by atomic mass is 32.2. The molecular weight excluding hydrogens is 457 g/mol. The second-order valence-corrected chi connectivity index (χ2v) is 11.1. The fourth-order valence-corrected chi connectivity index (χ4v) is 6.28. The van der Waals surface area contributed by atoms with Crippen LogP contribution in [0.2, 0.25) is 0 Å². The Labute approximate surface area is 200 Å². The number of halogens is 1. The highest BCUT2D eigenvalue weighted by molar-refractivity contribution is 7.89. The number of carbonyl (C=O) groups excluding carboxylic acids is 2. The molecule has 0 N–H and O–H groups in total. The summed E-state index contributed by atoms with van der Waals surface area (Å²) >= 11 is 0. The van der Waals surface area contributed by atoms with E-state index in [-0.39, 0.29) is 48.8 Å². The molecule has 0 radical (unpaired) electrons. The van der Waals surface area contributed by atoms with Gasteiger partial charge in [-0.25, -0.2) is 12.8 Å². The molecule has 0 aromatic heterocycles. The normalized spacial score (nSPS) is 19.8. The van der Waals surface area contributed by atoms with E-state index in [4.69, 9.17) is 0 Å². The first-order valence-corrected chi connectivity index (χ1v) is 13.0. The van der Waals surface area contributed by atoms with Crippen molar-refractivity contribution in [3.05, 3.63) is 65.0 Å². The predicted molar refractivity (Wildman–Crippen MR) is 126 cm³/mol. The van der Waals surface area contributed by atoms with Gasteiger partial charge in [-0.3, -0.25) is 9.59 Å². The van der Waals surface area contributed by atoms with E-state index in [1.807, 2.05) is 32.0 Å². The maximum atomic E-state index is 13.5. The zero-order valence-corrected chi connectivity index (χ0v) is 20.4. The number of aryl methyl sites for hydroxylation is 2. The minimum atomic E-state index is -3.81. The first-order chi connectivity index (χ1) is 16.1. The fourth-order valence-electron chi connectivity index (χ4n) is 4.83. The van der Waals surface area contributed by atoms with Gasteiger partial charge in [0.2, 0.25) is 15.9 Å². The van der Waals surface area contributed by atoms with E-state index < -0.39 is 15.8 Å². The third-order valence-corrected chi connectivity index (χ3v) is 8.41. The van der Waals surface area contributed by atoms with Crippen LogP contribution in [0.3, 0.4) is 0 Å². The SMILES string of the molecule is Cc1cc(C)cc(C(=O)N2CCCC(C(=O)N3CCN(S(=O)(=O)c4cccc(F)c4)CC3)C2)c1. The van der Waals surface area contributed by atoms with Crippen LogP contribution >= 0.6 is 0 Å². The van der Waals surface area contributed by atoms with Crippen molar-refractivity contribution in [3.8, 4) is 0 Å². The average Bonchev–Trinajstić information content (AvgIpc) is 2.82. The highest BCUT2D eigenvalue weighted by Crippen LogP contribution is 2.24. The number of nitrogens with zero attached hydrogens (tertiary/aromatic N) is 3. The maximum absolute atomic E-state index is 13.5. The van der Waals surface area contributed by atoms with Gasteiger partial charge in [-0.2, -0.15) is 4.31 Å². The van der Waals surface area contributed by atoms with Crippen LogP contribution in [0.5, 0.6) is 0 Å². The molecule has 2 fully saturated rings. The number of sulfonamides is 1. The van der Waals surface area contributed by atoms with Crippen LogP contribution in [0.25, 0.3) is 0 Å². The fraction of sp³-hybridized carbons (Fsp3) is 0.440. The third-order valence-electron chi connectivity index (χ3n) is 6.51. The molecule has 2 heterocycles. The van der Waals surface area contributed by atoms with Gasteiger partial charge in [-0.15, -0.1) is 0 Å². The summed E-state index contributed by atoms with van der Waals surface area (Å²) in [5.41, 5.74) is 2.69. The molecule has 1 atom stereocenters. The molecule has 182 valence electrons. The molecule has 2 aliphatic heterocycles. The maximum Gasteiger partial charge on any atom is 0.253 e. The van der Waals surface area contributed by atoms with Crippen LogP contribution in [0.15, 0.2) is 47.4 Å². The van der Waals surface area contributed by atoms with Crippen LogP contribution in [-0.2, 0) is 14.8 Å². The van der Waals surface area contributed by atoms with Crippen molar-refractivity contribution in [2.75, 3.05) is 39.3 Å². The summed E-state index contributed by atoms with van der Waals surface area (Å²) in [4.78, 5) is 29.6. The minimum Gasteiger partial charge on any atom is -0.340 e. The second kappa shape index (κ2) is 9.84. The van der Waals surface area contributed by atoms with E-state index in [1.54, 1.807) is 9.80 Å². The first-order valence-electron chi connectivity index (χ1n) is 11.6. The molecular formula is C25H30FN3O4S. The molecule has 2 aromatic rings. The van der Waals surface area contributed by atoms with Crippen molar-refractivity contribution in [1.82, 2.24) is 14.1 Å². The topological polar surface area (TPSA) is 78.0 Å².